The number of aromatic nitrogens is 2. The molecule has 4 nitrogen and oxygen atoms in total. The molecule has 1 aliphatic carbocycles. The third-order valence-corrected chi connectivity index (χ3v) is 3.01. The summed E-state index contributed by atoms with van der Waals surface area (Å²) in [5, 5.41) is 12.7. The van der Waals surface area contributed by atoms with Crippen molar-refractivity contribution in [1.82, 2.24) is 9.55 Å². The molecule has 1 aliphatic rings. The molecular formula is C13H15N3O. The Labute approximate surface area is 99.9 Å². The van der Waals surface area contributed by atoms with Gasteiger partial charge in [0.15, 0.2) is 0 Å². The summed E-state index contributed by atoms with van der Waals surface area (Å²) in [5.41, 5.74) is 2.12. The smallest absolute Gasteiger partial charge is 0.117 e. The standard InChI is InChI=1S/C13H15N3O/c17-13-3-1-2-10(6-13)15-8-12-7-14-9-16(12)11-4-5-11/h1-3,6-7,9,11,15,17H,4-5,8H2. The van der Waals surface area contributed by atoms with Gasteiger partial charge in [0.1, 0.15) is 5.75 Å². The van der Waals surface area contributed by atoms with Gasteiger partial charge in [0, 0.05) is 24.0 Å². The van der Waals surface area contributed by atoms with Crippen molar-refractivity contribution in [1.29, 1.82) is 0 Å². The number of hydrogen-bond donors (Lipinski definition) is 2. The second-order valence-corrected chi connectivity index (χ2v) is 4.43. The third kappa shape index (κ3) is 2.25. The number of imidazole rings is 1. The second kappa shape index (κ2) is 4.13. The average molecular weight is 229 g/mol. The van der Waals surface area contributed by atoms with E-state index >= 15 is 0 Å². The molecule has 4 heteroatoms. The van der Waals surface area contributed by atoms with Crippen molar-refractivity contribution >= 4 is 5.69 Å². The highest BCUT2D eigenvalue weighted by atomic mass is 16.3. The fourth-order valence-electron chi connectivity index (χ4n) is 1.96. The highest BCUT2D eigenvalue weighted by Gasteiger charge is 2.24. The summed E-state index contributed by atoms with van der Waals surface area (Å²) < 4.78 is 2.23. The summed E-state index contributed by atoms with van der Waals surface area (Å²) in [5.74, 6) is 0.283. The molecule has 0 aliphatic heterocycles. The molecule has 1 aromatic heterocycles. The minimum absolute atomic E-state index is 0.283. The number of phenols is 1. The Balaban J connectivity index is 1.69. The van der Waals surface area contributed by atoms with Crippen molar-refractivity contribution in [3.63, 3.8) is 0 Å². The number of nitrogens with one attached hydrogen (secondary N) is 1. The molecule has 2 N–H and O–H groups in total. The van der Waals surface area contributed by atoms with Crippen LogP contribution in [-0.4, -0.2) is 14.7 Å². The van der Waals surface area contributed by atoms with Gasteiger partial charge >= 0.3 is 0 Å². The van der Waals surface area contributed by atoms with Gasteiger partial charge in [-0.25, -0.2) is 4.98 Å². The average Bonchev–Trinajstić information content (AvgIpc) is 3.06. The molecule has 0 spiro atoms. The topological polar surface area (TPSA) is 50.1 Å². The van der Waals surface area contributed by atoms with Crippen LogP contribution >= 0.6 is 0 Å². The molecule has 1 fully saturated rings. The van der Waals surface area contributed by atoms with E-state index in [-0.39, 0.29) is 5.75 Å². The molecule has 0 bridgehead atoms. The molecule has 0 unspecified atom stereocenters. The van der Waals surface area contributed by atoms with Crippen LogP contribution in [-0.2, 0) is 6.54 Å². The SMILES string of the molecule is Oc1cccc(NCc2cncn2C2CC2)c1. The maximum absolute atomic E-state index is 9.37. The van der Waals surface area contributed by atoms with Crippen molar-refractivity contribution in [2.75, 3.05) is 5.32 Å². The summed E-state index contributed by atoms with van der Waals surface area (Å²) >= 11 is 0. The highest BCUT2D eigenvalue weighted by molar-refractivity contribution is 5.47. The Bertz CT molecular complexity index is 517. The molecule has 2 aromatic rings. The molecule has 1 aromatic carbocycles. The Hall–Kier alpha value is -1.97. The van der Waals surface area contributed by atoms with E-state index in [9.17, 15) is 5.11 Å². The number of hydrogen-bond acceptors (Lipinski definition) is 3. The number of anilines is 1. The normalized spacial score (nSPS) is 14.8. The van der Waals surface area contributed by atoms with E-state index in [2.05, 4.69) is 14.9 Å². The van der Waals surface area contributed by atoms with E-state index in [1.165, 1.54) is 18.5 Å². The summed E-state index contributed by atoms with van der Waals surface area (Å²) in [6.07, 6.45) is 6.32. The van der Waals surface area contributed by atoms with Crippen molar-refractivity contribution in [3.8, 4) is 5.75 Å². The van der Waals surface area contributed by atoms with Gasteiger partial charge in [-0.2, -0.15) is 0 Å². The number of aromatic hydroxyl groups is 1. The predicted molar refractivity (Wildman–Crippen MR) is 65.9 cm³/mol. The minimum Gasteiger partial charge on any atom is -0.508 e. The lowest BCUT2D eigenvalue weighted by molar-refractivity contribution is 0.475. The van der Waals surface area contributed by atoms with Crippen LogP contribution in [0.3, 0.4) is 0 Å². The monoisotopic (exact) mass is 229 g/mol. The molecule has 17 heavy (non-hydrogen) atoms. The lowest BCUT2D eigenvalue weighted by Crippen LogP contribution is -2.05. The number of nitrogens with zero attached hydrogens (tertiary/aromatic N) is 2. The highest BCUT2D eigenvalue weighted by Crippen LogP contribution is 2.35. The van der Waals surface area contributed by atoms with Crippen molar-refractivity contribution in [3.05, 3.63) is 42.5 Å². The van der Waals surface area contributed by atoms with Crippen LogP contribution in [0.15, 0.2) is 36.8 Å². The van der Waals surface area contributed by atoms with Crippen LogP contribution in [0.25, 0.3) is 0 Å². The maximum Gasteiger partial charge on any atom is 0.117 e. The van der Waals surface area contributed by atoms with Crippen LogP contribution in [0.4, 0.5) is 5.69 Å². The fourth-order valence-corrected chi connectivity index (χ4v) is 1.96. The van der Waals surface area contributed by atoms with Crippen molar-refractivity contribution in [2.24, 2.45) is 0 Å². The van der Waals surface area contributed by atoms with E-state index in [1.807, 2.05) is 24.7 Å². The maximum atomic E-state index is 9.37. The van der Waals surface area contributed by atoms with Gasteiger partial charge in [-0.3, -0.25) is 0 Å². The molecule has 0 radical (unpaired) electrons. The first-order chi connectivity index (χ1) is 8.33. The molecule has 3 rings (SSSR count). The first-order valence-electron chi connectivity index (χ1n) is 5.86. The Morgan fingerprint density at radius 1 is 1.41 bits per heavy atom. The van der Waals surface area contributed by atoms with E-state index in [1.54, 1.807) is 12.1 Å². The first kappa shape index (κ1) is 10.2. The lowest BCUT2D eigenvalue weighted by Gasteiger charge is -2.09. The van der Waals surface area contributed by atoms with Crippen LogP contribution in [0.5, 0.6) is 5.75 Å². The molecule has 88 valence electrons. The zero-order chi connectivity index (χ0) is 11.7. The molecule has 0 saturated heterocycles. The molecular weight excluding hydrogens is 214 g/mol. The summed E-state index contributed by atoms with van der Waals surface area (Å²) in [4.78, 5) is 4.19. The Morgan fingerprint density at radius 2 is 2.29 bits per heavy atom. The summed E-state index contributed by atoms with van der Waals surface area (Å²) in [6, 6.07) is 7.81. The van der Waals surface area contributed by atoms with Gasteiger partial charge in [0.25, 0.3) is 0 Å². The van der Waals surface area contributed by atoms with E-state index in [0.29, 0.717) is 6.04 Å². The van der Waals surface area contributed by atoms with Gasteiger partial charge in [-0.15, -0.1) is 0 Å². The Kier molecular flexibility index (Phi) is 2.48. The molecule has 1 heterocycles. The van der Waals surface area contributed by atoms with Crippen LogP contribution < -0.4 is 5.32 Å². The third-order valence-electron chi connectivity index (χ3n) is 3.01. The van der Waals surface area contributed by atoms with Gasteiger partial charge in [0.2, 0.25) is 0 Å². The van der Waals surface area contributed by atoms with E-state index < -0.39 is 0 Å². The Morgan fingerprint density at radius 3 is 3.06 bits per heavy atom. The van der Waals surface area contributed by atoms with Gasteiger partial charge in [0.05, 0.1) is 18.6 Å². The van der Waals surface area contributed by atoms with Crippen LogP contribution in [0, 0.1) is 0 Å². The number of phenolic OH excluding ortho intramolecular Hbond substituents is 1. The largest absolute Gasteiger partial charge is 0.508 e. The zero-order valence-corrected chi connectivity index (χ0v) is 9.50. The fraction of sp³-hybridized carbons (Fsp3) is 0.308. The number of rotatable bonds is 4. The number of benzene rings is 1. The van der Waals surface area contributed by atoms with Crippen molar-refractivity contribution < 1.29 is 5.11 Å². The van der Waals surface area contributed by atoms with Crippen LogP contribution in [0.2, 0.25) is 0 Å². The molecule has 1 saturated carbocycles. The first-order valence-corrected chi connectivity index (χ1v) is 5.86. The quantitative estimate of drug-likeness (QED) is 0.847. The minimum atomic E-state index is 0.283. The van der Waals surface area contributed by atoms with Crippen molar-refractivity contribution in [2.45, 2.75) is 25.4 Å². The van der Waals surface area contributed by atoms with E-state index in [4.69, 9.17) is 0 Å². The van der Waals surface area contributed by atoms with Gasteiger partial charge in [-0.05, 0) is 25.0 Å². The zero-order valence-electron chi connectivity index (χ0n) is 9.50. The summed E-state index contributed by atoms with van der Waals surface area (Å²) in [6.45, 7) is 0.736. The van der Waals surface area contributed by atoms with E-state index in [0.717, 1.165) is 12.2 Å². The second-order valence-electron chi connectivity index (χ2n) is 4.43. The van der Waals surface area contributed by atoms with Gasteiger partial charge in [-0.1, -0.05) is 6.07 Å². The summed E-state index contributed by atoms with van der Waals surface area (Å²) in [7, 11) is 0. The van der Waals surface area contributed by atoms with Gasteiger partial charge < -0.3 is 15.0 Å². The molecule has 0 amide bonds. The lowest BCUT2D eigenvalue weighted by atomic mass is 10.3. The predicted octanol–water partition coefficient (Wildman–Crippen LogP) is 2.54. The van der Waals surface area contributed by atoms with Crippen LogP contribution in [0.1, 0.15) is 24.6 Å². The molecule has 0 atom stereocenters.